The highest BCUT2D eigenvalue weighted by Crippen LogP contribution is 2.22. The second kappa shape index (κ2) is 7.39. The minimum absolute atomic E-state index is 0.111. The van der Waals surface area contributed by atoms with E-state index in [0.29, 0.717) is 22.3 Å². The molecule has 0 aliphatic heterocycles. The van der Waals surface area contributed by atoms with Gasteiger partial charge in [0, 0.05) is 12.8 Å². The van der Waals surface area contributed by atoms with Crippen LogP contribution < -0.4 is 5.32 Å². The van der Waals surface area contributed by atoms with Crippen molar-refractivity contribution < 1.29 is 19.4 Å². The van der Waals surface area contributed by atoms with Gasteiger partial charge in [-0.2, -0.15) is 5.10 Å². The molecule has 2 aromatic heterocycles. The predicted octanol–water partition coefficient (Wildman–Crippen LogP) is 1.54. The number of nitrogens with one attached hydrogen (secondary N) is 1. The van der Waals surface area contributed by atoms with E-state index in [2.05, 4.69) is 15.4 Å². The largest absolute Gasteiger partial charge is 0.480 e. The van der Waals surface area contributed by atoms with Crippen LogP contribution in [0.5, 0.6) is 0 Å². The number of fused-ring (bicyclic) bond motifs is 1. The van der Waals surface area contributed by atoms with Gasteiger partial charge in [0.2, 0.25) is 0 Å². The third-order valence-electron chi connectivity index (χ3n) is 3.88. The summed E-state index contributed by atoms with van der Waals surface area (Å²) < 4.78 is 6.62. The van der Waals surface area contributed by atoms with Crippen LogP contribution in [0.25, 0.3) is 11.0 Å². The third-order valence-corrected chi connectivity index (χ3v) is 3.88. The predicted molar refractivity (Wildman–Crippen MR) is 88.0 cm³/mol. The molecule has 2 N–H and O–H groups in total. The van der Waals surface area contributed by atoms with E-state index in [0.717, 1.165) is 6.42 Å². The molecule has 0 saturated heterocycles. The van der Waals surface area contributed by atoms with E-state index < -0.39 is 17.9 Å². The summed E-state index contributed by atoms with van der Waals surface area (Å²) in [5.41, 5.74) is 1.64. The van der Waals surface area contributed by atoms with E-state index in [9.17, 15) is 9.59 Å². The minimum atomic E-state index is -1.15. The normalized spacial score (nSPS) is 13.7. The summed E-state index contributed by atoms with van der Waals surface area (Å²) in [4.78, 5) is 28.2. The Morgan fingerprint density at radius 2 is 2.17 bits per heavy atom. The second-order valence-electron chi connectivity index (χ2n) is 5.71. The Balaban J connectivity index is 2.43. The maximum absolute atomic E-state index is 12.6. The number of nitrogens with zero attached hydrogens (tertiary/aromatic N) is 3. The zero-order chi connectivity index (χ0) is 17.9. The first-order chi connectivity index (χ1) is 11.4. The van der Waals surface area contributed by atoms with Crippen molar-refractivity contribution in [2.45, 2.75) is 39.3 Å². The van der Waals surface area contributed by atoms with Crippen LogP contribution in [-0.2, 0) is 9.53 Å². The zero-order valence-corrected chi connectivity index (χ0v) is 14.2. The van der Waals surface area contributed by atoms with Crippen molar-refractivity contribution in [2.75, 3.05) is 13.7 Å². The van der Waals surface area contributed by atoms with E-state index in [4.69, 9.17) is 9.84 Å². The summed E-state index contributed by atoms with van der Waals surface area (Å²) >= 11 is 0. The molecule has 0 aromatic carbocycles. The Morgan fingerprint density at radius 1 is 1.46 bits per heavy atom. The van der Waals surface area contributed by atoms with E-state index in [1.807, 2.05) is 13.8 Å². The molecule has 2 atom stereocenters. The summed E-state index contributed by atoms with van der Waals surface area (Å²) in [5, 5.41) is 16.6. The Kier molecular flexibility index (Phi) is 5.50. The van der Waals surface area contributed by atoms with Crippen molar-refractivity contribution in [3.05, 3.63) is 23.5 Å². The monoisotopic (exact) mass is 334 g/mol. The van der Waals surface area contributed by atoms with Gasteiger partial charge >= 0.3 is 5.97 Å². The first kappa shape index (κ1) is 17.9. The van der Waals surface area contributed by atoms with Crippen molar-refractivity contribution in [1.82, 2.24) is 20.1 Å². The Morgan fingerprint density at radius 3 is 2.75 bits per heavy atom. The van der Waals surface area contributed by atoms with Gasteiger partial charge in [0.15, 0.2) is 11.7 Å². The van der Waals surface area contributed by atoms with E-state index in [1.165, 1.54) is 7.11 Å². The van der Waals surface area contributed by atoms with Crippen LogP contribution in [0.4, 0.5) is 0 Å². The lowest BCUT2D eigenvalue weighted by atomic mass is 10.1. The Bertz CT molecular complexity index is 756. The summed E-state index contributed by atoms with van der Waals surface area (Å²) in [7, 11) is 1.38. The second-order valence-corrected chi connectivity index (χ2v) is 5.71. The van der Waals surface area contributed by atoms with Gasteiger partial charge in [-0.3, -0.25) is 4.79 Å². The number of aryl methyl sites for hydroxylation is 1. The van der Waals surface area contributed by atoms with Gasteiger partial charge in [-0.15, -0.1) is 0 Å². The number of pyridine rings is 1. The molecule has 1 amide bonds. The molecule has 0 radical (unpaired) electrons. The summed E-state index contributed by atoms with van der Waals surface area (Å²) in [6.45, 7) is 5.74. The number of ether oxygens (including phenoxy) is 1. The lowest BCUT2D eigenvalue weighted by molar-refractivity contribution is -0.140. The summed E-state index contributed by atoms with van der Waals surface area (Å²) in [5.74, 6) is -1.64. The molecular weight excluding hydrogens is 312 g/mol. The number of methoxy groups -OCH3 is 1. The molecular formula is C16H22N4O4. The number of hydrogen-bond acceptors (Lipinski definition) is 5. The van der Waals surface area contributed by atoms with Gasteiger partial charge in [0.25, 0.3) is 5.91 Å². The first-order valence-electron chi connectivity index (χ1n) is 7.76. The molecule has 0 fully saturated rings. The fourth-order valence-electron chi connectivity index (χ4n) is 2.40. The highest BCUT2D eigenvalue weighted by Gasteiger charge is 2.23. The van der Waals surface area contributed by atoms with Gasteiger partial charge < -0.3 is 15.2 Å². The SMILES string of the molecule is CCC(C)n1ncc2c(C(=O)NC(COC)C(=O)O)cc(C)nc21. The maximum atomic E-state index is 12.6. The first-order valence-corrected chi connectivity index (χ1v) is 7.76. The third kappa shape index (κ3) is 3.53. The zero-order valence-electron chi connectivity index (χ0n) is 14.2. The Labute approximate surface area is 139 Å². The number of rotatable bonds is 7. The van der Waals surface area contributed by atoms with Gasteiger partial charge in [0.1, 0.15) is 0 Å². The molecule has 0 aliphatic carbocycles. The number of aromatic nitrogens is 3. The van der Waals surface area contributed by atoms with Crippen molar-refractivity contribution in [3.63, 3.8) is 0 Å². The molecule has 2 rings (SSSR count). The topological polar surface area (TPSA) is 106 Å². The highest BCUT2D eigenvalue weighted by atomic mass is 16.5. The standard InChI is InChI=1S/C16H22N4O4/c1-5-10(3)20-14-12(7-17-20)11(6-9(2)18-14)15(21)19-13(8-24-4)16(22)23/h6-7,10,13H,5,8H2,1-4H3,(H,19,21)(H,22,23). The number of hydrogen-bond donors (Lipinski definition) is 2. The number of amides is 1. The van der Waals surface area contributed by atoms with Crippen LogP contribution in [0, 0.1) is 6.92 Å². The molecule has 2 unspecified atom stereocenters. The van der Waals surface area contributed by atoms with Crippen LogP contribution in [0.3, 0.4) is 0 Å². The molecule has 2 aromatic rings. The van der Waals surface area contributed by atoms with Crippen LogP contribution in [0.2, 0.25) is 0 Å². The molecule has 2 heterocycles. The molecule has 130 valence electrons. The van der Waals surface area contributed by atoms with Gasteiger partial charge in [0.05, 0.1) is 29.8 Å². The number of aliphatic carboxylic acids is 1. The average molecular weight is 334 g/mol. The molecule has 8 nitrogen and oxygen atoms in total. The van der Waals surface area contributed by atoms with Crippen LogP contribution in [0.15, 0.2) is 12.3 Å². The smallest absolute Gasteiger partial charge is 0.328 e. The average Bonchev–Trinajstić information content (AvgIpc) is 2.96. The van der Waals surface area contributed by atoms with Crippen molar-refractivity contribution in [3.8, 4) is 0 Å². The van der Waals surface area contributed by atoms with Crippen molar-refractivity contribution in [1.29, 1.82) is 0 Å². The summed E-state index contributed by atoms with van der Waals surface area (Å²) in [6, 6.07) is 0.662. The van der Waals surface area contributed by atoms with Crippen LogP contribution in [-0.4, -0.2) is 51.5 Å². The van der Waals surface area contributed by atoms with E-state index in [1.54, 1.807) is 23.9 Å². The Hall–Kier alpha value is -2.48. The number of carbonyl (C=O) groups excluding carboxylic acids is 1. The fraction of sp³-hybridized carbons (Fsp3) is 0.500. The summed E-state index contributed by atoms with van der Waals surface area (Å²) in [6.07, 6.45) is 2.47. The lowest BCUT2D eigenvalue weighted by Crippen LogP contribution is -2.43. The van der Waals surface area contributed by atoms with Crippen LogP contribution >= 0.6 is 0 Å². The fourth-order valence-corrected chi connectivity index (χ4v) is 2.40. The molecule has 8 heteroatoms. The number of carboxylic acids is 1. The quantitative estimate of drug-likeness (QED) is 0.795. The number of carboxylic acid groups (broad SMARTS) is 1. The molecule has 0 spiro atoms. The van der Waals surface area contributed by atoms with Gasteiger partial charge in [-0.05, 0) is 26.3 Å². The van der Waals surface area contributed by atoms with Gasteiger partial charge in [-0.1, -0.05) is 6.92 Å². The van der Waals surface area contributed by atoms with Gasteiger partial charge in [-0.25, -0.2) is 14.5 Å². The lowest BCUT2D eigenvalue weighted by Gasteiger charge is -2.14. The molecule has 24 heavy (non-hydrogen) atoms. The number of carbonyl (C=O) groups is 2. The minimum Gasteiger partial charge on any atom is -0.480 e. The highest BCUT2D eigenvalue weighted by molar-refractivity contribution is 6.06. The van der Waals surface area contributed by atoms with Crippen molar-refractivity contribution in [2.24, 2.45) is 0 Å². The maximum Gasteiger partial charge on any atom is 0.328 e. The molecule has 0 bridgehead atoms. The van der Waals surface area contributed by atoms with E-state index in [-0.39, 0.29) is 12.6 Å². The van der Waals surface area contributed by atoms with E-state index >= 15 is 0 Å². The molecule has 0 saturated carbocycles. The molecule has 0 aliphatic rings. The van der Waals surface area contributed by atoms with Crippen LogP contribution in [0.1, 0.15) is 42.4 Å². The van der Waals surface area contributed by atoms with Crippen molar-refractivity contribution >= 4 is 22.9 Å².